The summed E-state index contributed by atoms with van der Waals surface area (Å²) in [6, 6.07) is 11.0. The summed E-state index contributed by atoms with van der Waals surface area (Å²) in [6.45, 7) is 0. The Morgan fingerprint density at radius 2 is 1.77 bits per heavy atom. The van der Waals surface area contributed by atoms with Gasteiger partial charge in [-0.3, -0.25) is 25.0 Å². The Balaban J connectivity index is 1.61. The molecule has 17 heteroatoms. The first-order valence-corrected chi connectivity index (χ1v) is 14.1. The monoisotopic (exact) mass is 668 g/mol. The highest BCUT2D eigenvalue weighted by molar-refractivity contribution is 9.10. The average molecular weight is 670 g/mol. The summed E-state index contributed by atoms with van der Waals surface area (Å²) >= 11 is 10.0. The normalized spacial score (nSPS) is 15.2. The van der Waals surface area contributed by atoms with Gasteiger partial charge in [0.1, 0.15) is 10.6 Å². The lowest BCUT2D eigenvalue weighted by Gasteiger charge is -2.13. The van der Waals surface area contributed by atoms with E-state index in [1.165, 1.54) is 37.5 Å². The van der Waals surface area contributed by atoms with Crippen LogP contribution in [0.15, 0.2) is 73.9 Å². The van der Waals surface area contributed by atoms with E-state index in [9.17, 15) is 33.4 Å². The number of carbonyl (C=O) groups excluding carboxylic acids is 1. The number of ether oxygens (including phenoxy) is 1. The van der Waals surface area contributed by atoms with Crippen molar-refractivity contribution < 1.29 is 32.0 Å². The maximum atomic E-state index is 12.8. The number of halogens is 2. The first-order chi connectivity index (χ1) is 18.9. The van der Waals surface area contributed by atoms with Gasteiger partial charge in [-0.05, 0) is 75.7 Å². The number of aliphatic imine (C=N–C) groups is 1. The van der Waals surface area contributed by atoms with Crippen molar-refractivity contribution in [1.82, 2.24) is 5.32 Å². The Labute approximate surface area is 243 Å². The zero-order valence-electron chi connectivity index (χ0n) is 19.9. The molecule has 0 unspecified atom stereocenters. The number of non-ortho nitro benzene ring substituents is 1. The van der Waals surface area contributed by atoms with Gasteiger partial charge in [0.05, 0.1) is 26.3 Å². The predicted octanol–water partition coefficient (Wildman–Crippen LogP) is 5.59. The molecule has 3 aromatic carbocycles. The summed E-state index contributed by atoms with van der Waals surface area (Å²) in [5.41, 5.74) is -0.206. The van der Waals surface area contributed by atoms with Crippen LogP contribution in [0.2, 0.25) is 5.02 Å². The van der Waals surface area contributed by atoms with Gasteiger partial charge < -0.3 is 14.2 Å². The lowest BCUT2D eigenvalue weighted by Crippen LogP contribution is -2.19. The Morgan fingerprint density at radius 1 is 1.07 bits per heavy atom. The Bertz CT molecular complexity index is 1730. The summed E-state index contributed by atoms with van der Waals surface area (Å²) in [7, 11) is -3.11. The van der Waals surface area contributed by atoms with Gasteiger partial charge in [0.2, 0.25) is 0 Å². The molecule has 0 bridgehead atoms. The first kappa shape index (κ1) is 29.0. The number of benzene rings is 3. The van der Waals surface area contributed by atoms with Crippen LogP contribution in [-0.4, -0.2) is 36.4 Å². The molecule has 1 aliphatic heterocycles. The third kappa shape index (κ3) is 6.41. The number of amidine groups is 1. The van der Waals surface area contributed by atoms with Crippen molar-refractivity contribution in [2.24, 2.45) is 4.99 Å². The van der Waals surface area contributed by atoms with Crippen molar-refractivity contribution in [3.63, 3.8) is 0 Å². The second kappa shape index (κ2) is 11.6. The zero-order chi connectivity index (χ0) is 29.2. The number of rotatable bonds is 8. The molecule has 3 aromatic rings. The van der Waals surface area contributed by atoms with Gasteiger partial charge in [0.15, 0.2) is 16.7 Å². The number of nitro benzene ring substituents is 2. The van der Waals surface area contributed by atoms with Crippen LogP contribution in [0.4, 0.5) is 17.1 Å². The number of carbonyl (C=O) groups is 1. The molecule has 1 N–H and O–H groups in total. The molecule has 0 radical (unpaired) electrons. The van der Waals surface area contributed by atoms with Crippen molar-refractivity contribution in [3.05, 3.63) is 94.8 Å². The molecule has 1 aliphatic rings. The number of hydrogen-bond donors (Lipinski definition) is 1. The van der Waals surface area contributed by atoms with E-state index in [-0.39, 0.29) is 53.0 Å². The van der Waals surface area contributed by atoms with Gasteiger partial charge >= 0.3 is 10.1 Å². The maximum absolute atomic E-state index is 12.8. The summed E-state index contributed by atoms with van der Waals surface area (Å²) in [5.74, 6) is -0.707. The smallest absolute Gasteiger partial charge is 0.339 e. The second-order valence-corrected chi connectivity index (χ2v) is 11.6. The fraction of sp³-hybridized carbons (Fsp3) is 0.0435. The molecule has 1 heterocycles. The van der Waals surface area contributed by atoms with E-state index in [1.54, 1.807) is 0 Å². The Kier molecular flexibility index (Phi) is 8.43. The number of amides is 1. The second-order valence-electron chi connectivity index (χ2n) is 7.69. The lowest BCUT2D eigenvalue weighted by atomic mass is 10.2. The molecule has 206 valence electrons. The fourth-order valence-electron chi connectivity index (χ4n) is 3.27. The van der Waals surface area contributed by atoms with E-state index in [0.717, 1.165) is 42.1 Å². The molecule has 0 saturated carbocycles. The van der Waals surface area contributed by atoms with Gasteiger partial charge in [0, 0.05) is 23.2 Å². The molecular weight excluding hydrogens is 656 g/mol. The molecule has 1 saturated heterocycles. The largest absolute Gasteiger partial charge is 0.493 e. The standard InChI is InChI=1S/C23H14BrClN4O9S2/c1-37-19-9-12(8-16(24)21(19)38-40(35,36)15-5-3-14(4-6-15)28(31)32)10-20-22(30)27-23(39-20)26-17-7-2-13(25)11-18(17)29(33)34/h2-11H,1H3,(H,26,27,30)/b20-10+. The zero-order valence-corrected chi connectivity index (χ0v) is 23.8. The SMILES string of the molecule is COc1cc(/C=C2/SC(=Nc3ccc(Cl)cc3[N+](=O)[O-])NC2=O)cc(Br)c1OS(=O)(=O)c1ccc([N+](=O)[O-])cc1. The number of hydrogen-bond acceptors (Lipinski definition) is 11. The number of nitrogens with one attached hydrogen (secondary N) is 1. The van der Waals surface area contributed by atoms with Crippen molar-refractivity contribution >= 4 is 83.6 Å². The van der Waals surface area contributed by atoms with Gasteiger partial charge in [-0.15, -0.1) is 0 Å². The van der Waals surface area contributed by atoms with Gasteiger partial charge in [-0.2, -0.15) is 8.42 Å². The minimum Gasteiger partial charge on any atom is -0.493 e. The molecule has 13 nitrogen and oxygen atoms in total. The van der Waals surface area contributed by atoms with Crippen LogP contribution >= 0.6 is 39.3 Å². The van der Waals surface area contributed by atoms with E-state index in [4.69, 9.17) is 20.5 Å². The summed E-state index contributed by atoms with van der Waals surface area (Å²) in [5, 5.41) is 25.0. The van der Waals surface area contributed by atoms with E-state index in [0.29, 0.717) is 5.56 Å². The minimum atomic E-state index is -4.39. The third-order valence-corrected chi connectivity index (χ3v) is 8.06. The van der Waals surface area contributed by atoms with Crippen LogP contribution in [0.5, 0.6) is 11.5 Å². The molecule has 1 amide bonds. The topological polar surface area (TPSA) is 180 Å². The number of nitrogens with zero attached hydrogens (tertiary/aromatic N) is 3. The molecule has 1 fully saturated rings. The van der Waals surface area contributed by atoms with Crippen molar-refractivity contribution in [3.8, 4) is 11.5 Å². The Hall–Kier alpha value is -3.99. The van der Waals surface area contributed by atoms with E-state index < -0.39 is 25.9 Å². The van der Waals surface area contributed by atoms with Crippen LogP contribution in [-0.2, 0) is 14.9 Å². The number of methoxy groups -OCH3 is 1. The highest BCUT2D eigenvalue weighted by Gasteiger charge is 2.27. The molecule has 40 heavy (non-hydrogen) atoms. The Morgan fingerprint density at radius 3 is 2.40 bits per heavy atom. The minimum absolute atomic E-state index is 0.000737. The van der Waals surface area contributed by atoms with Crippen LogP contribution < -0.4 is 14.2 Å². The van der Waals surface area contributed by atoms with Gasteiger partial charge in [0.25, 0.3) is 17.3 Å². The third-order valence-electron chi connectivity index (χ3n) is 5.09. The van der Waals surface area contributed by atoms with Crippen molar-refractivity contribution in [2.75, 3.05) is 7.11 Å². The van der Waals surface area contributed by atoms with Crippen LogP contribution in [0.1, 0.15) is 5.56 Å². The molecular formula is C23H14BrClN4O9S2. The molecule has 0 aliphatic carbocycles. The van der Waals surface area contributed by atoms with Gasteiger partial charge in [-0.1, -0.05) is 11.6 Å². The van der Waals surface area contributed by atoms with Crippen LogP contribution in [0, 0.1) is 20.2 Å². The summed E-state index contributed by atoms with van der Waals surface area (Å²) in [4.78, 5) is 37.4. The van der Waals surface area contributed by atoms with Crippen molar-refractivity contribution in [2.45, 2.75) is 4.90 Å². The molecule has 0 aromatic heterocycles. The fourth-order valence-corrected chi connectivity index (χ4v) is 5.88. The summed E-state index contributed by atoms with van der Waals surface area (Å²) in [6.07, 6.45) is 1.47. The quantitative estimate of drug-likeness (QED) is 0.137. The summed E-state index contributed by atoms with van der Waals surface area (Å²) < 4.78 is 36.3. The molecule has 0 atom stereocenters. The maximum Gasteiger partial charge on any atom is 0.339 e. The van der Waals surface area contributed by atoms with E-state index in [2.05, 4.69) is 26.2 Å². The average Bonchev–Trinajstić information content (AvgIpc) is 3.24. The van der Waals surface area contributed by atoms with Crippen LogP contribution in [0.25, 0.3) is 6.08 Å². The van der Waals surface area contributed by atoms with E-state index >= 15 is 0 Å². The molecule has 0 spiro atoms. The number of nitro groups is 2. The highest BCUT2D eigenvalue weighted by Crippen LogP contribution is 2.40. The van der Waals surface area contributed by atoms with Gasteiger partial charge in [-0.25, -0.2) is 4.99 Å². The highest BCUT2D eigenvalue weighted by atomic mass is 79.9. The first-order valence-electron chi connectivity index (χ1n) is 10.7. The van der Waals surface area contributed by atoms with Crippen molar-refractivity contribution in [1.29, 1.82) is 0 Å². The number of thioether (sulfide) groups is 1. The molecule has 4 rings (SSSR count). The predicted molar refractivity (Wildman–Crippen MR) is 151 cm³/mol. The van der Waals surface area contributed by atoms with E-state index in [1.807, 2.05) is 0 Å². The van der Waals surface area contributed by atoms with Crippen LogP contribution in [0.3, 0.4) is 0 Å². The lowest BCUT2D eigenvalue weighted by molar-refractivity contribution is -0.384.